The van der Waals surface area contributed by atoms with E-state index in [1.165, 1.54) is 11.8 Å². The van der Waals surface area contributed by atoms with Crippen LogP contribution in [0.3, 0.4) is 0 Å². The lowest BCUT2D eigenvalue weighted by atomic mass is 10.2. The van der Waals surface area contributed by atoms with Gasteiger partial charge in [0, 0.05) is 18.3 Å². The maximum atomic E-state index is 11.6. The van der Waals surface area contributed by atoms with Crippen molar-refractivity contribution in [2.45, 2.75) is 5.16 Å². The first-order valence-corrected chi connectivity index (χ1v) is 8.70. The second-order valence-corrected chi connectivity index (χ2v) is 6.11. The molecule has 1 heterocycles. The summed E-state index contributed by atoms with van der Waals surface area (Å²) in [4.78, 5) is 11.6. The third-order valence-corrected chi connectivity index (χ3v) is 4.54. The Kier molecular flexibility index (Phi) is 5.35. The highest BCUT2D eigenvalue weighted by atomic mass is 32.2. The summed E-state index contributed by atoms with van der Waals surface area (Å²) in [6, 6.07) is 17.5. The van der Waals surface area contributed by atoms with Gasteiger partial charge in [0.1, 0.15) is 5.75 Å². The van der Waals surface area contributed by atoms with Gasteiger partial charge in [-0.3, -0.25) is 9.36 Å². The lowest BCUT2D eigenvalue weighted by molar-refractivity contribution is -0.118. The molecule has 25 heavy (non-hydrogen) atoms. The summed E-state index contributed by atoms with van der Waals surface area (Å²) in [6.07, 6.45) is 0. The number of thioether (sulfide) groups is 1. The van der Waals surface area contributed by atoms with Gasteiger partial charge in [-0.05, 0) is 24.3 Å². The van der Waals surface area contributed by atoms with Crippen LogP contribution >= 0.6 is 11.8 Å². The first kappa shape index (κ1) is 17.0. The van der Waals surface area contributed by atoms with Gasteiger partial charge < -0.3 is 10.1 Å². The quantitative estimate of drug-likeness (QED) is 0.690. The minimum absolute atomic E-state index is 0.0597. The molecule has 0 aliphatic heterocycles. The molecular formula is C18H18N4O2S. The Hall–Kier alpha value is -2.80. The lowest BCUT2D eigenvalue weighted by Crippen LogP contribution is -2.20. The van der Waals surface area contributed by atoms with Crippen LogP contribution in [0.4, 0.5) is 0 Å². The van der Waals surface area contributed by atoms with Crippen molar-refractivity contribution in [2.24, 2.45) is 0 Å². The molecule has 0 bridgehead atoms. The summed E-state index contributed by atoms with van der Waals surface area (Å²) >= 11 is 1.35. The maximum absolute atomic E-state index is 11.6. The van der Waals surface area contributed by atoms with Crippen LogP contribution in [0.2, 0.25) is 0 Å². The highest BCUT2D eigenvalue weighted by molar-refractivity contribution is 7.99. The standard InChI is InChI=1S/C18H18N4O2S/c1-19-16(23)12-25-18-21-20-17(13-6-4-3-5-7-13)22(18)14-8-10-15(24-2)11-9-14/h3-11H,12H2,1-2H3,(H,19,23). The van der Waals surface area contributed by atoms with Gasteiger partial charge in [0.25, 0.3) is 0 Å². The highest BCUT2D eigenvalue weighted by Gasteiger charge is 2.17. The molecule has 0 saturated heterocycles. The van der Waals surface area contributed by atoms with Crippen molar-refractivity contribution in [3.63, 3.8) is 0 Å². The zero-order valence-electron chi connectivity index (χ0n) is 14.0. The smallest absolute Gasteiger partial charge is 0.230 e. The summed E-state index contributed by atoms with van der Waals surface area (Å²) < 4.78 is 7.17. The molecule has 0 spiro atoms. The zero-order chi connectivity index (χ0) is 17.6. The molecule has 3 rings (SSSR count). The molecule has 0 aliphatic carbocycles. The topological polar surface area (TPSA) is 69.0 Å². The predicted molar refractivity (Wildman–Crippen MR) is 98.1 cm³/mol. The normalized spacial score (nSPS) is 10.5. The van der Waals surface area contributed by atoms with E-state index in [0.717, 1.165) is 22.8 Å². The Labute approximate surface area is 150 Å². The summed E-state index contributed by atoms with van der Waals surface area (Å²) in [6.45, 7) is 0. The van der Waals surface area contributed by atoms with Crippen LogP contribution in [0.5, 0.6) is 5.75 Å². The molecule has 128 valence electrons. The van der Waals surface area contributed by atoms with Gasteiger partial charge in [-0.25, -0.2) is 0 Å². The zero-order valence-corrected chi connectivity index (χ0v) is 14.8. The van der Waals surface area contributed by atoms with E-state index in [9.17, 15) is 4.79 Å². The van der Waals surface area contributed by atoms with Crippen LogP contribution in [0.25, 0.3) is 17.1 Å². The van der Waals surface area contributed by atoms with E-state index < -0.39 is 0 Å². The van der Waals surface area contributed by atoms with E-state index in [1.54, 1.807) is 14.2 Å². The largest absolute Gasteiger partial charge is 0.497 e. The van der Waals surface area contributed by atoms with Crippen molar-refractivity contribution >= 4 is 17.7 Å². The average molecular weight is 354 g/mol. The minimum Gasteiger partial charge on any atom is -0.497 e. The fourth-order valence-corrected chi connectivity index (χ4v) is 3.13. The van der Waals surface area contributed by atoms with Crippen LogP contribution in [0, 0.1) is 0 Å². The second kappa shape index (κ2) is 7.85. The summed E-state index contributed by atoms with van der Waals surface area (Å²) in [5.74, 6) is 1.72. The molecule has 0 radical (unpaired) electrons. The van der Waals surface area contributed by atoms with Crippen molar-refractivity contribution < 1.29 is 9.53 Å². The number of carbonyl (C=O) groups excluding carboxylic acids is 1. The minimum atomic E-state index is -0.0597. The van der Waals surface area contributed by atoms with Crippen LogP contribution in [-0.4, -0.2) is 40.6 Å². The Morgan fingerprint density at radius 1 is 1.12 bits per heavy atom. The van der Waals surface area contributed by atoms with E-state index in [2.05, 4.69) is 15.5 Å². The second-order valence-electron chi connectivity index (χ2n) is 5.17. The number of rotatable bonds is 6. The molecule has 2 aromatic carbocycles. The maximum Gasteiger partial charge on any atom is 0.230 e. The van der Waals surface area contributed by atoms with Gasteiger partial charge in [0.15, 0.2) is 11.0 Å². The van der Waals surface area contributed by atoms with Crippen LogP contribution < -0.4 is 10.1 Å². The Balaban J connectivity index is 2.04. The first-order chi connectivity index (χ1) is 12.2. The van der Waals surface area contributed by atoms with Gasteiger partial charge in [-0.1, -0.05) is 42.1 Å². The average Bonchev–Trinajstić information content (AvgIpc) is 3.10. The third-order valence-electron chi connectivity index (χ3n) is 3.61. The molecule has 6 nitrogen and oxygen atoms in total. The molecule has 0 fully saturated rings. The van der Waals surface area contributed by atoms with Crippen molar-refractivity contribution in [3.8, 4) is 22.8 Å². The number of aromatic nitrogens is 3. The fraction of sp³-hybridized carbons (Fsp3) is 0.167. The Morgan fingerprint density at radius 2 is 1.84 bits per heavy atom. The van der Waals surface area contributed by atoms with E-state index in [-0.39, 0.29) is 11.7 Å². The molecule has 0 aliphatic rings. The molecule has 1 aromatic heterocycles. The highest BCUT2D eigenvalue weighted by Crippen LogP contribution is 2.28. The molecule has 0 atom stereocenters. The predicted octanol–water partition coefficient (Wildman–Crippen LogP) is 2.78. The molecule has 0 saturated carbocycles. The SMILES string of the molecule is CNC(=O)CSc1nnc(-c2ccccc2)n1-c1ccc(OC)cc1. The number of methoxy groups -OCH3 is 1. The van der Waals surface area contributed by atoms with Gasteiger partial charge in [0.05, 0.1) is 12.9 Å². The summed E-state index contributed by atoms with van der Waals surface area (Å²) in [7, 11) is 3.25. The third kappa shape index (κ3) is 3.83. The fourth-order valence-electron chi connectivity index (χ4n) is 2.30. The number of hydrogen-bond acceptors (Lipinski definition) is 5. The Bertz CT molecular complexity index is 847. The molecule has 1 amide bonds. The summed E-state index contributed by atoms with van der Waals surface area (Å²) in [5.41, 5.74) is 1.86. The first-order valence-electron chi connectivity index (χ1n) is 7.71. The van der Waals surface area contributed by atoms with Gasteiger partial charge in [0.2, 0.25) is 5.91 Å². The van der Waals surface area contributed by atoms with Crippen molar-refractivity contribution in [1.29, 1.82) is 0 Å². The van der Waals surface area contributed by atoms with E-state index in [4.69, 9.17) is 4.74 Å². The molecule has 1 N–H and O–H groups in total. The number of benzene rings is 2. The number of hydrogen-bond donors (Lipinski definition) is 1. The van der Waals surface area contributed by atoms with E-state index in [1.807, 2.05) is 59.2 Å². The van der Waals surface area contributed by atoms with Gasteiger partial charge >= 0.3 is 0 Å². The monoisotopic (exact) mass is 354 g/mol. The lowest BCUT2D eigenvalue weighted by Gasteiger charge is -2.11. The number of nitrogens with zero attached hydrogens (tertiary/aromatic N) is 3. The van der Waals surface area contributed by atoms with Crippen LogP contribution in [-0.2, 0) is 4.79 Å². The molecule has 7 heteroatoms. The van der Waals surface area contributed by atoms with Crippen LogP contribution in [0.15, 0.2) is 59.8 Å². The number of ether oxygens (including phenoxy) is 1. The molecular weight excluding hydrogens is 336 g/mol. The van der Waals surface area contributed by atoms with Gasteiger partial charge in [-0.2, -0.15) is 0 Å². The van der Waals surface area contributed by atoms with E-state index >= 15 is 0 Å². The van der Waals surface area contributed by atoms with Crippen molar-refractivity contribution in [1.82, 2.24) is 20.1 Å². The van der Waals surface area contributed by atoms with Crippen molar-refractivity contribution in [2.75, 3.05) is 19.9 Å². The Morgan fingerprint density at radius 3 is 2.48 bits per heavy atom. The summed E-state index contributed by atoms with van der Waals surface area (Å²) in [5, 5.41) is 11.9. The van der Waals surface area contributed by atoms with Crippen molar-refractivity contribution in [3.05, 3.63) is 54.6 Å². The molecule has 0 unspecified atom stereocenters. The van der Waals surface area contributed by atoms with Gasteiger partial charge in [-0.15, -0.1) is 10.2 Å². The van der Waals surface area contributed by atoms with E-state index in [0.29, 0.717) is 5.16 Å². The number of amides is 1. The molecule has 3 aromatic rings. The van der Waals surface area contributed by atoms with Crippen LogP contribution in [0.1, 0.15) is 0 Å². The number of nitrogens with one attached hydrogen (secondary N) is 1. The number of carbonyl (C=O) groups is 1.